The second-order valence-electron chi connectivity index (χ2n) is 13.8. The fourth-order valence-electron chi connectivity index (χ4n) is 6.45. The number of carbonyl (C=O) groups is 7. The lowest BCUT2D eigenvalue weighted by atomic mass is 9.85. The number of hydrogen-bond acceptors (Lipinski definition) is 12. The molecule has 0 aromatic heterocycles. The number of rotatable bonds is 12. The summed E-state index contributed by atoms with van der Waals surface area (Å²) in [6.07, 6.45) is 6.42. The van der Waals surface area contributed by atoms with Crippen molar-refractivity contribution < 1.29 is 52.9 Å². The van der Waals surface area contributed by atoms with E-state index in [1.807, 2.05) is 6.92 Å². The average Bonchev–Trinajstić information content (AvgIpc) is 3.45. The van der Waals surface area contributed by atoms with E-state index < -0.39 is 65.7 Å². The predicted octanol–water partition coefficient (Wildman–Crippen LogP) is 1.56. The van der Waals surface area contributed by atoms with Gasteiger partial charge in [0.1, 0.15) is 6.10 Å². The molecule has 3 aliphatic rings. The Morgan fingerprint density at radius 2 is 1.71 bits per heavy atom. The van der Waals surface area contributed by atoms with Gasteiger partial charge in [-0.25, -0.2) is 4.79 Å². The monoisotopic (exact) mass is 767 g/mol. The van der Waals surface area contributed by atoms with Crippen LogP contribution in [0.25, 0.3) is 0 Å². The molecule has 6 atom stereocenters. The van der Waals surface area contributed by atoms with E-state index in [-0.39, 0.29) is 73.3 Å². The zero-order valence-corrected chi connectivity index (χ0v) is 32.2. The number of fused-ring (bicyclic) bond motifs is 2. The number of primary amides is 1. The zero-order valence-electron chi connectivity index (χ0n) is 32.2. The molecule has 300 valence electrons. The number of aliphatic hydroxyl groups excluding tert-OH is 1. The van der Waals surface area contributed by atoms with Gasteiger partial charge in [0.15, 0.2) is 6.10 Å². The molecule has 16 nitrogen and oxygen atoms in total. The van der Waals surface area contributed by atoms with Crippen molar-refractivity contribution in [3.05, 3.63) is 70.6 Å². The number of nitrogens with zero attached hydrogens (tertiary/aromatic N) is 1. The molecule has 0 fully saturated rings. The van der Waals surface area contributed by atoms with Gasteiger partial charge in [-0.2, -0.15) is 0 Å². The summed E-state index contributed by atoms with van der Waals surface area (Å²) in [6, 6.07) is 0. The minimum Gasteiger partial charge on any atom is -0.439 e. The Hall–Kier alpha value is -5.19. The maximum atomic E-state index is 13.9. The first-order valence-electron chi connectivity index (χ1n) is 18.2. The summed E-state index contributed by atoms with van der Waals surface area (Å²) in [5, 5.41) is 19.8. The van der Waals surface area contributed by atoms with Crippen LogP contribution >= 0.6 is 0 Å². The second kappa shape index (κ2) is 21.0. The van der Waals surface area contributed by atoms with Crippen molar-refractivity contribution in [3.8, 4) is 0 Å². The molecule has 0 radical (unpaired) electrons. The molecule has 0 unspecified atom stereocenters. The molecule has 6 N–H and O–H groups in total. The molecule has 0 saturated heterocycles. The molecule has 0 aromatic carbocycles. The Balaban J connectivity index is 1.81. The molecule has 55 heavy (non-hydrogen) atoms. The number of carbonyl (C=O) groups excluding carboxylic acids is 7. The van der Waals surface area contributed by atoms with Crippen LogP contribution in [0.3, 0.4) is 0 Å². The molecule has 2 heterocycles. The summed E-state index contributed by atoms with van der Waals surface area (Å²) in [4.78, 5) is 89.2. The van der Waals surface area contributed by atoms with Crippen molar-refractivity contribution in [1.29, 1.82) is 0 Å². The van der Waals surface area contributed by atoms with Crippen molar-refractivity contribution >= 4 is 41.3 Å². The van der Waals surface area contributed by atoms with Gasteiger partial charge in [0.05, 0.1) is 23.6 Å². The van der Waals surface area contributed by atoms with Crippen LogP contribution in [-0.4, -0.2) is 110 Å². The van der Waals surface area contributed by atoms with Crippen LogP contribution in [0.5, 0.6) is 0 Å². The molecular formula is C39H53N5O11. The van der Waals surface area contributed by atoms with Gasteiger partial charge in [0.25, 0.3) is 17.7 Å². The van der Waals surface area contributed by atoms with Crippen molar-refractivity contribution in [2.45, 2.75) is 84.2 Å². The van der Waals surface area contributed by atoms with Gasteiger partial charge in [0, 0.05) is 75.6 Å². The van der Waals surface area contributed by atoms with E-state index in [4.69, 9.17) is 19.9 Å². The molecule has 3 rings (SSSR count). The van der Waals surface area contributed by atoms with Gasteiger partial charge in [0.2, 0.25) is 17.5 Å². The lowest BCUT2D eigenvalue weighted by Gasteiger charge is -2.30. The maximum absolute atomic E-state index is 13.9. The van der Waals surface area contributed by atoms with Gasteiger partial charge in [-0.05, 0) is 51.0 Å². The summed E-state index contributed by atoms with van der Waals surface area (Å²) in [5.74, 6) is -3.56. The maximum Gasteiger partial charge on any atom is 0.405 e. The van der Waals surface area contributed by atoms with Gasteiger partial charge < -0.3 is 41.0 Å². The number of nitrogens with two attached hydrogens (primary N) is 1. The Kier molecular flexibility index (Phi) is 16.9. The van der Waals surface area contributed by atoms with E-state index in [2.05, 4.69) is 16.0 Å². The average molecular weight is 768 g/mol. The molecule has 0 spiro atoms. The van der Waals surface area contributed by atoms with Crippen molar-refractivity contribution in [2.24, 2.45) is 17.6 Å². The Morgan fingerprint density at radius 1 is 1.02 bits per heavy atom. The standard InChI is InChI=1S/C39H53N5O11/c1-22-18-26-34(42-16-9-15-41-31(46)12-8-17-44-32(47)13-14-33(44)48)28(45)21-27(36(26)50)43-38(51)23(2)10-7-11-29(53-5)37(55-39(40)52)25(4)20-24(3)35(49)30(19-22)54-6/h7,10-11,13-14,20-22,24,29-30,35,37,42,49H,8-9,12,15-19H2,1-6H3,(H2,40,52)(H,41,46)(H,43,51)/b11-7+,23-10-,25-20+/t22-,24+,29+,30+,35-,37+/m1/s1. The quantitative estimate of drug-likeness (QED) is 0.0825. The highest BCUT2D eigenvalue weighted by molar-refractivity contribution is 6.23. The molecule has 1 aliphatic carbocycles. The number of methoxy groups -OCH3 is 2. The summed E-state index contributed by atoms with van der Waals surface area (Å²) in [6.45, 7) is 7.49. The molecule has 5 amide bonds. The minimum atomic E-state index is -1.03. The lowest BCUT2D eigenvalue weighted by Crippen LogP contribution is -2.38. The fourth-order valence-corrected chi connectivity index (χ4v) is 6.45. The molecule has 2 aliphatic heterocycles. The Labute approximate surface area is 320 Å². The number of amides is 5. The summed E-state index contributed by atoms with van der Waals surface area (Å²) in [5.41, 5.74) is 6.15. The third kappa shape index (κ3) is 12.7. The number of imide groups is 1. The fraction of sp³-hybridized carbons (Fsp3) is 0.513. The van der Waals surface area contributed by atoms with Crippen molar-refractivity contribution in [1.82, 2.24) is 20.9 Å². The number of aliphatic hydroxyl groups is 1. The van der Waals surface area contributed by atoms with Crippen LogP contribution in [-0.2, 0) is 43.0 Å². The van der Waals surface area contributed by atoms with Gasteiger partial charge in [-0.15, -0.1) is 0 Å². The van der Waals surface area contributed by atoms with E-state index in [1.165, 1.54) is 45.4 Å². The van der Waals surface area contributed by atoms with Crippen LogP contribution in [0, 0.1) is 11.8 Å². The first-order valence-corrected chi connectivity index (χ1v) is 18.2. The van der Waals surface area contributed by atoms with Crippen molar-refractivity contribution in [3.63, 3.8) is 0 Å². The normalized spacial score (nSPS) is 28.2. The zero-order chi connectivity index (χ0) is 40.8. The Bertz CT molecular complexity index is 1670. The summed E-state index contributed by atoms with van der Waals surface area (Å²) in [7, 11) is 2.88. The number of Topliss-reactive ketones (excluding diaryl/α,β-unsaturated/α-hetero) is 1. The van der Waals surface area contributed by atoms with Crippen LogP contribution in [0.2, 0.25) is 0 Å². The number of ketones is 2. The van der Waals surface area contributed by atoms with E-state index in [0.717, 1.165) is 11.0 Å². The van der Waals surface area contributed by atoms with Crippen LogP contribution in [0.1, 0.15) is 59.8 Å². The largest absolute Gasteiger partial charge is 0.439 e. The molecular weight excluding hydrogens is 714 g/mol. The molecule has 0 aromatic rings. The minimum absolute atomic E-state index is 0.0726. The molecule has 2 bridgehead atoms. The highest BCUT2D eigenvalue weighted by Crippen LogP contribution is 2.29. The first kappa shape index (κ1) is 44.2. The summed E-state index contributed by atoms with van der Waals surface area (Å²) < 4.78 is 16.7. The lowest BCUT2D eigenvalue weighted by molar-refractivity contribution is -0.137. The topological polar surface area (TPSA) is 233 Å². The van der Waals surface area contributed by atoms with Crippen molar-refractivity contribution in [2.75, 3.05) is 33.9 Å². The third-order valence-electron chi connectivity index (χ3n) is 9.46. The number of nitrogens with one attached hydrogen (secondary N) is 3. The highest BCUT2D eigenvalue weighted by Gasteiger charge is 2.33. The van der Waals surface area contributed by atoms with E-state index in [9.17, 15) is 38.7 Å². The first-order chi connectivity index (χ1) is 26.1. The van der Waals surface area contributed by atoms with E-state index >= 15 is 0 Å². The smallest absolute Gasteiger partial charge is 0.405 e. The van der Waals surface area contributed by atoms with Crippen LogP contribution in [0.15, 0.2) is 70.6 Å². The van der Waals surface area contributed by atoms with Gasteiger partial charge in [-0.1, -0.05) is 38.2 Å². The third-order valence-corrected chi connectivity index (χ3v) is 9.46. The molecule has 16 heteroatoms. The number of ether oxygens (including phenoxy) is 3. The molecule has 0 saturated carbocycles. The number of allylic oxidation sites excluding steroid dienone is 4. The predicted molar refractivity (Wildman–Crippen MR) is 200 cm³/mol. The SMILES string of the molecule is CO[C@H]1/C=C/C=C(/C)C(=O)NC2=CC(=O)C(NCCCNC(=O)CCCN3C(=O)C=CC3=O)=C(C[C@@H](C)C[C@H](OC)[C@H](O)[C@@H](C)/C=C(\C)[C@@H]1OC(N)=O)C2=O. The number of hydrogen-bond donors (Lipinski definition) is 5. The van der Waals surface area contributed by atoms with Crippen LogP contribution in [0.4, 0.5) is 4.79 Å². The summed E-state index contributed by atoms with van der Waals surface area (Å²) >= 11 is 0. The van der Waals surface area contributed by atoms with Gasteiger partial charge in [-0.3, -0.25) is 33.7 Å². The second-order valence-corrected chi connectivity index (χ2v) is 13.8. The van der Waals surface area contributed by atoms with Gasteiger partial charge >= 0.3 is 6.09 Å². The van der Waals surface area contributed by atoms with E-state index in [0.29, 0.717) is 18.4 Å². The van der Waals surface area contributed by atoms with E-state index in [1.54, 1.807) is 26.0 Å². The Morgan fingerprint density at radius 3 is 2.35 bits per heavy atom. The van der Waals surface area contributed by atoms with Crippen LogP contribution < -0.4 is 21.7 Å². The highest BCUT2D eigenvalue weighted by atomic mass is 16.6.